The second kappa shape index (κ2) is 9.86. The summed E-state index contributed by atoms with van der Waals surface area (Å²) in [7, 11) is -6.13. The maximum absolute atomic E-state index is 10.9. The van der Waals surface area contributed by atoms with Gasteiger partial charge in [-0.25, -0.2) is 8.42 Å². The van der Waals surface area contributed by atoms with Crippen molar-refractivity contribution in [3.63, 3.8) is 0 Å². The highest BCUT2D eigenvalue weighted by Gasteiger charge is 2.04. The molecule has 0 spiro atoms. The van der Waals surface area contributed by atoms with Crippen molar-refractivity contribution in [2.75, 3.05) is 6.26 Å². The van der Waals surface area contributed by atoms with Crippen LogP contribution in [0.5, 0.6) is 0 Å². The lowest BCUT2D eigenvalue weighted by Gasteiger charge is -1.96. The zero-order valence-corrected chi connectivity index (χ0v) is 14.2. The Morgan fingerprint density at radius 2 is 1.09 bits per heavy atom. The molecule has 0 aromatic heterocycles. The normalized spacial score (nSPS) is 9.59. The molecule has 0 aliphatic rings. The summed E-state index contributed by atoms with van der Waals surface area (Å²) in [6.07, 6.45) is 1.21. The molecule has 5 nitrogen and oxygen atoms in total. The van der Waals surface area contributed by atoms with E-state index in [9.17, 15) is 8.42 Å². The Morgan fingerprint density at radius 3 is 1.36 bits per heavy atom. The van der Waals surface area contributed by atoms with E-state index in [0.29, 0.717) is 4.90 Å². The molecule has 7 heteroatoms. The third-order valence-corrected chi connectivity index (χ3v) is 3.52. The van der Waals surface area contributed by atoms with Crippen LogP contribution in [0.1, 0.15) is 11.1 Å². The van der Waals surface area contributed by atoms with E-state index in [1.54, 1.807) is 24.3 Å². The Hall–Kier alpha value is -1.99. The standard InChI is InChI=1S/C8H10O2S.C7H8.O3S/c1-7-3-5-8(6-4-7)11(2,9)10;1-7-5-3-2-4-6-7;1-4(2)3/h3-6H,1-2H3;2-6H,1H3;. The second-order valence-electron chi connectivity index (χ2n) is 4.44. The average Bonchev–Trinajstić information content (AvgIpc) is 2.39. The molecule has 0 aliphatic carbocycles. The lowest BCUT2D eigenvalue weighted by atomic mass is 10.2. The minimum absolute atomic E-state index is 0.378. The van der Waals surface area contributed by atoms with Gasteiger partial charge in [0, 0.05) is 6.26 Å². The molecular formula is C15H18O5S2. The maximum atomic E-state index is 10.9. The molecule has 0 bridgehead atoms. The van der Waals surface area contributed by atoms with Crippen molar-refractivity contribution in [3.8, 4) is 0 Å². The Balaban J connectivity index is 0.000000343. The molecule has 0 unspecified atom stereocenters. The van der Waals surface area contributed by atoms with Crippen LogP contribution < -0.4 is 0 Å². The Kier molecular flexibility index (Phi) is 8.97. The molecule has 0 atom stereocenters. The first-order chi connectivity index (χ1) is 10.1. The summed E-state index contributed by atoms with van der Waals surface area (Å²) >= 11 is 0. The molecule has 2 rings (SSSR count). The van der Waals surface area contributed by atoms with Crippen LogP contribution in [0.25, 0.3) is 0 Å². The van der Waals surface area contributed by atoms with Crippen molar-refractivity contribution in [2.24, 2.45) is 0 Å². The van der Waals surface area contributed by atoms with E-state index in [2.05, 4.69) is 19.1 Å². The highest BCUT2D eigenvalue weighted by molar-refractivity contribution is 7.90. The first kappa shape index (κ1) is 20.0. The van der Waals surface area contributed by atoms with Crippen LogP contribution in [0.3, 0.4) is 0 Å². The SMILES string of the molecule is Cc1ccc(S(C)(=O)=O)cc1.Cc1ccccc1.O=S(=O)=O. The van der Waals surface area contributed by atoms with Crippen molar-refractivity contribution in [1.29, 1.82) is 0 Å². The molecule has 0 radical (unpaired) electrons. The molecular weight excluding hydrogens is 324 g/mol. The van der Waals surface area contributed by atoms with Crippen molar-refractivity contribution in [2.45, 2.75) is 18.7 Å². The molecule has 0 aliphatic heterocycles. The van der Waals surface area contributed by atoms with Crippen molar-refractivity contribution >= 4 is 20.4 Å². The van der Waals surface area contributed by atoms with Crippen LogP contribution in [0.4, 0.5) is 0 Å². The van der Waals surface area contributed by atoms with Gasteiger partial charge in [0.25, 0.3) is 0 Å². The average molecular weight is 342 g/mol. The molecule has 2 aromatic carbocycles. The fraction of sp³-hybridized carbons (Fsp3) is 0.200. The van der Waals surface area contributed by atoms with E-state index < -0.39 is 20.4 Å². The van der Waals surface area contributed by atoms with Gasteiger partial charge in [0.15, 0.2) is 9.84 Å². The summed E-state index contributed by atoms with van der Waals surface area (Å²) in [5.41, 5.74) is 2.39. The second-order valence-corrected chi connectivity index (χ2v) is 6.87. The molecule has 2 aromatic rings. The topological polar surface area (TPSA) is 85.3 Å². The highest BCUT2D eigenvalue weighted by Crippen LogP contribution is 2.08. The summed E-state index contributed by atoms with van der Waals surface area (Å²) in [4.78, 5) is 0.378. The lowest BCUT2D eigenvalue weighted by molar-refractivity contribution is 0.559. The maximum Gasteiger partial charge on any atom is 0.425 e. The van der Waals surface area contributed by atoms with Crippen molar-refractivity contribution in [3.05, 3.63) is 65.7 Å². The summed E-state index contributed by atoms with van der Waals surface area (Å²) in [6, 6.07) is 17.1. The number of hydrogen-bond donors (Lipinski definition) is 0. The minimum atomic E-state index is -3.11. The van der Waals surface area contributed by atoms with Gasteiger partial charge in [-0.05, 0) is 26.0 Å². The van der Waals surface area contributed by atoms with E-state index in [-0.39, 0.29) is 0 Å². The van der Waals surface area contributed by atoms with Gasteiger partial charge < -0.3 is 0 Å². The first-order valence-corrected chi connectivity index (χ1v) is 9.07. The van der Waals surface area contributed by atoms with E-state index in [1.807, 2.05) is 25.1 Å². The van der Waals surface area contributed by atoms with Crippen LogP contribution in [-0.2, 0) is 20.4 Å². The summed E-state index contributed by atoms with van der Waals surface area (Å²) < 4.78 is 47.2. The summed E-state index contributed by atoms with van der Waals surface area (Å²) in [5.74, 6) is 0. The van der Waals surface area contributed by atoms with Gasteiger partial charge in [-0.2, -0.15) is 0 Å². The van der Waals surface area contributed by atoms with E-state index >= 15 is 0 Å². The predicted octanol–water partition coefficient (Wildman–Crippen LogP) is 2.39. The highest BCUT2D eigenvalue weighted by atomic mass is 32.2. The van der Waals surface area contributed by atoms with Crippen molar-refractivity contribution < 1.29 is 21.0 Å². The van der Waals surface area contributed by atoms with Gasteiger partial charge in [-0.3, -0.25) is 0 Å². The Morgan fingerprint density at radius 1 is 0.727 bits per heavy atom. The Labute approximate surface area is 132 Å². The third kappa shape index (κ3) is 10.8. The molecule has 0 amide bonds. The van der Waals surface area contributed by atoms with Gasteiger partial charge >= 0.3 is 10.6 Å². The number of hydrogen-bond acceptors (Lipinski definition) is 5. The smallest absolute Gasteiger partial charge is 0.224 e. The van der Waals surface area contributed by atoms with Crippen LogP contribution in [0.15, 0.2) is 59.5 Å². The number of rotatable bonds is 1. The van der Waals surface area contributed by atoms with Crippen LogP contribution in [-0.4, -0.2) is 27.3 Å². The zero-order valence-electron chi connectivity index (χ0n) is 12.6. The fourth-order valence-corrected chi connectivity index (χ4v) is 1.95. The predicted molar refractivity (Wildman–Crippen MR) is 85.2 cm³/mol. The minimum Gasteiger partial charge on any atom is -0.224 e. The molecule has 0 saturated heterocycles. The zero-order chi connectivity index (χ0) is 17.2. The number of aryl methyl sites for hydroxylation is 2. The van der Waals surface area contributed by atoms with Crippen molar-refractivity contribution in [1.82, 2.24) is 0 Å². The van der Waals surface area contributed by atoms with E-state index in [1.165, 1.54) is 11.8 Å². The molecule has 0 N–H and O–H groups in total. The lowest BCUT2D eigenvalue weighted by Crippen LogP contribution is -1.95. The summed E-state index contributed by atoms with van der Waals surface area (Å²) in [5, 5.41) is 0. The quantitative estimate of drug-likeness (QED) is 0.794. The van der Waals surface area contributed by atoms with Gasteiger partial charge in [0.1, 0.15) is 0 Å². The third-order valence-electron chi connectivity index (χ3n) is 2.39. The monoisotopic (exact) mass is 342 g/mol. The van der Waals surface area contributed by atoms with Crippen LogP contribution >= 0.6 is 0 Å². The van der Waals surface area contributed by atoms with E-state index in [0.717, 1.165) is 5.56 Å². The van der Waals surface area contributed by atoms with Gasteiger partial charge in [-0.1, -0.05) is 53.6 Å². The molecule has 0 saturated carbocycles. The number of sulfone groups is 1. The van der Waals surface area contributed by atoms with E-state index in [4.69, 9.17) is 12.6 Å². The van der Waals surface area contributed by atoms with Crippen LogP contribution in [0, 0.1) is 13.8 Å². The first-order valence-electron chi connectivity index (χ1n) is 6.18. The molecule has 0 heterocycles. The van der Waals surface area contributed by atoms with Gasteiger partial charge in [0.05, 0.1) is 4.90 Å². The molecule has 120 valence electrons. The fourth-order valence-electron chi connectivity index (χ4n) is 1.32. The Bertz CT molecular complexity index is 756. The number of benzene rings is 2. The van der Waals surface area contributed by atoms with Gasteiger partial charge in [-0.15, -0.1) is 12.6 Å². The molecule has 0 fully saturated rings. The summed E-state index contributed by atoms with van der Waals surface area (Å²) in [6.45, 7) is 4.01. The van der Waals surface area contributed by atoms with Crippen LogP contribution in [0.2, 0.25) is 0 Å². The molecule has 22 heavy (non-hydrogen) atoms. The largest absolute Gasteiger partial charge is 0.425 e. The van der Waals surface area contributed by atoms with Gasteiger partial charge in [0.2, 0.25) is 0 Å².